The monoisotopic (exact) mass is 1100 g/mol. The van der Waals surface area contributed by atoms with E-state index >= 15 is 0 Å². The Kier molecular flexibility index (Phi) is 17.3. The molecule has 440 valence electrons. The molecule has 0 bridgehead atoms. The number of allylic oxidation sites excluding steroid dienone is 2. The maximum Gasteiger partial charge on any atom is 0.314 e. The molecule has 0 aromatic rings. The summed E-state index contributed by atoms with van der Waals surface area (Å²) in [7, 11) is 1.25. The van der Waals surface area contributed by atoms with E-state index in [1.54, 1.807) is 13.8 Å². The Balaban J connectivity index is 0.874. The second kappa shape index (κ2) is 22.3. The van der Waals surface area contributed by atoms with Gasteiger partial charge in [-0.15, -0.1) is 0 Å². The molecule has 1 spiro atoms. The van der Waals surface area contributed by atoms with Crippen molar-refractivity contribution in [1.29, 1.82) is 0 Å². The minimum Gasteiger partial charge on any atom is -0.462 e. The molecular weight excluding hydrogens is 1010 g/mol. The summed E-state index contributed by atoms with van der Waals surface area (Å²) in [5.41, 5.74) is -1.51. The maximum atomic E-state index is 14.7. The lowest BCUT2D eigenvalue weighted by molar-refractivity contribution is -0.377. The van der Waals surface area contributed by atoms with Gasteiger partial charge < -0.3 is 93.0 Å². The zero-order valence-corrected chi connectivity index (χ0v) is 46.8. The van der Waals surface area contributed by atoms with Crippen molar-refractivity contribution in [2.75, 3.05) is 26.9 Å². The fraction of sp³-hybridized carbons (Fsp3) is 0.929. The first kappa shape index (κ1) is 59.6. The second-order valence-electron chi connectivity index (χ2n) is 25.9. The highest BCUT2D eigenvalue weighted by Crippen LogP contribution is 2.77. The summed E-state index contributed by atoms with van der Waals surface area (Å²) in [6.45, 7) is 19.0. The van der Waals surface area contributed by atoms with Crippen molar-refractivity contribution in [3.05, 3.63) is 11.6 Å². The molecule has 9 aliphatic rings. The van der Waals surface area contributed by atoms with Gasteiger partial charge in [-0.05, 0) is 93.8 Å². The molecular formula is C56H90O21. The summed E-state index contributed by atoms with van der Waals surface area (Å²) < 4.78 is 67.1. The van der Waals surface area contributed by atoms with Crippen molar-refractivity contribution in [2.45, 2.75) is 249 Å². The first-order valence-electron chi connectivity index (χ1n) is 28.4. The van der Waals surface area contributed by atoms with E-state index in [1.807, 2.05) is 0 Å². The second-order valence-corrected chi connectivity index (χ2v) is 25.9. The van der Waals surface area contributed by atoms with E-state index in [2.05, 4.69) is 54.5 Å². The van der Waals surface area contributed by atoms with Crippen LogP contribution in [0, 0.1) is 51.2 Å². The number of cyclic esters (lactones) is 1. The third-order valence-corrected chi connectivity index (χ3v) is 20.5. The van der Waals surface area contributed by atoms with Gasteiger partial charge in [-0.3, -0.25) is 9.59 Å². The molecule has 4 aliphatic carbocycles. The van der Waals surface area contributed by atoms with Crippen molar-refractivity contribution in [3.63, 3.8) is 0 Å². The van der Waals surface area contributed by atoms with E-state index in [1.165, 1.54) is 19.6 Å². The molecule has 5 saturated heterocycles. The number of methoxy groups -OCH3 is 1. The minimum absolute atomic E-state index is 0.131. The van der Waals surface area contributed by atoms with Gasteiger partial charge in [0.05, 0.1) is 49.5 Å². The zero-order chi connectivity index (χ0) is 56.1. The molecule has 5 heterocycles. The van der Waals surface area contributed by atoms with Crippen molar-refractivity contribution in [2.24, 2.45) is 51.2 Å². The van der Waals surface area contributed by atoms with E-state index in [9.17, 15) is 50.4 Å². The highest BCUT2D eigenvalue weighted by atomic mass is 16.8. The van der Waals surface area contributed by atoms with Crippen LogP contribution in [0.3, 0.4) is 0 Å². The number of rotatable bonds is 15. The van der Waals surface area contributed by atoms with Crippen LogP contribution in [-0.4, -0.2) is 202 Å². The van der Waals surface area contributed by atoms with E-state index in [0.29, 0.717) is 31.6 Å². The predicted molar refractivity (Wildman–Crippen MR) is 268 cm³/mol. The van der Waals surface area contributed by atoms with Crippen LogP contribution < -0.4 is 0 Å². The first-order valence-corrected chi connectivity index (χ1v) is 28.4. The lowest BCUT2D eigenvalue weighted by Crippen LogP contribution is -2.64. The van der Waals surface area contributed by atoms with E-state index < -0.39 is 145 Å². The number of fused-ring (bicyclic) bond motifs is 4. The smallest absolute Gasteiger partial charge is 0.314 e. The van der Waals surface area contributed by atoms with Crippen molar-refractivity contribution < 1.29 is 103 Å². The van der Waals surface area contributed by atoms with Gasteiger partial charge in [0.25, 0.3) is 0 Å². The molecule has 8 N–H and O–H groups in total. The standard InChI is InChI=1S/C56H90O21/c1-25(2)13-12-18-55(10)46-33(71-28(5)58)21-54(9)30-14-15-35-52(6,7)36(17-19-53(35,8)29(30)16-20-56(46,54)51(66)77-55)73-50-45(38(62)31(59)23-69-50)76-47-26(3)37(61)42(27(4)70-47)74-48-40(64)43(32(60)24-68-48)75-49-41(65)44(67-11)39(63)34(22-57)72-49/h14,25-27,29,31-50,57,59-65H,12-13,15-24H2,1-11H3. The van der Waals surface area contributed by atoms with E-state index in [4.69, 9.17) is 52.1 Å². The lowest BCUT2D eigenvalue weighted by Gasteiger charge is -2.64. The number of hydrogen-bond acceptors (Lipinski definition) is 21. The maximum absolute atomic E-state index is 14.7. The average Bonchev–Trinajstić information content (AvgIpc) is 3.96. The van der Waals surface area contributed by atoms with Gasteiger partial charge in [-0.2, -0.15) is 0 Å². The van der Waals surface area contributed by atoms with Crippen LogP contribution in [0.15, 0.2) is 11.6 Å². The fourth-order valence-corrected chi connectivity index (χ4v) is 16.5. The Bertz CT molecular complexity index is 2130. The summed E-state index contributed by atoms with van der Waals surface area (Å²) in [6.07, 6.45) is -14.4. The Morgan fingerprint density at radius 2 is 1.43 bits per heavy atom. The quantitative estimate of drug-likeness (QED) is 0.0861. The average molecular weight is 1100 g/mol. The molecule has 27 unspecified atom stereocenters. The molecule has 9 rings (SSSR count). The van der Waals surface area contributed by atoms with Crippen LogP contribution in [0.25, 0.3) is 0 Å². The molecule has 3 saturated carbocycles. The van der Waals surface area contributed by atoms with Crippen molar-refractivity contribution in [3.8, 4) is 0 Å². The Labute approximate surface area is 452 Å². The molecule has 21 nitrogen and oxygen atoms in total. The van der Waals surface area contributed by atoms with Crippen molar-refractivity contribution >= 4 is 11.9 Å². The molecule has 0 amide bonds. The molecule has 5 aliphatic heterocycles. The highest BCUT2D eigenvalue weighted by molar-refractivity contribution is 5.84. The summed E-state index contributed by atoms with van der Waals surface area (Å²) in [6, 6.07) is 0. The van der Waals surface area contributed by atoms with Gasteiger partial charge in [-0.25, -0.2) is 0 Å². The van der Waals surface area contributed by atoms with Gasteiger partial charge >= 0.3 is 11.9 Å². The van der Waals surface area contributed by atoms with Gasteiger partial charge in [0.2, 0.25) is 0 Å². The molecule has 77 heavy (non-hydrogen) atoms. The fourth-order valence-electron chi connectivity index (χ4n) is 16.5. The minimum atomic E-state index is -1.70. The topological polar surface area (TPSA) is 298 Å². The van der Waals surface area contributed by atoms with E-state index in [-0.39, 0.29) is 54.4 Å². The molecule has 8 fully saturated rings. The van der Waals surface area contributed by atoms with Crippen LogP contribution in [0.2, 0.25) is 0 Å². The summed E-state index contributed by atoms with van der Waals surface area (Å²) in [5.74, 6) is -0.820. The summed E-state index contributed by atoms with van der Waals surface area (Å²) in [4.78, 5) is 27.4. The molecule has 21 heteroatoms. The van der Waals surface area contributed by atoms with Crippen LogP contribution in [0.5, 0.6) is 0 Å². The van der Waals surface area contributed by atoms with Gasteiger partial charge in [0, 0.05) is 25.4 Å². The predicted octanol–water partition coefficient (Wildman–Crippen LogP) is 2.15. The third-order valence-electron chi connectivity index (χ3n) is 20.5. The Morgan fingerprint density at radius 3 is 2.10 bits per heavy atom. The van der Waals surface area contributed by atoms with E-state index in [0.717, 1.165) is 32.1 Å². The summed E-state index contributed by atoms with van der Waals surface area (Å²) >= 11 is 0. The normalized spacial score (nSPS) is 51.5. The van der Waals surface area contributed by atoms with Gasteiger partial charge in [-0.1, -0.05) is 66.5 Å². The number of aliphatic hydroxyl groups excluding tert-OH is 8. The first-order chi connectivity index (χ1) is 36.2. The number of ether oxygens (including phenoxy) is 11. The highest BCUT2D eigenvalue weighted by Gasteiger charge is 2.79. The summed E-state index contributed by atoms with van der Waals surface area (Å²) in [5, 5.41) is 87.7. The molecule has 0 aromatic carbocycles. The number of esters is 2. The number of carbonyl (C=O) groups is 2. The number of hydrogen-bond donors (Lipinski definition) is 8. The third kappa shape index (κ3) is 10.1. The van der Waals surface area contributed by atoms with Crippen LogP contribution in [0.4, 0.5) is 0 Å². The Hall–Kier alpha value is -2.00. The number of carbonyl (C=O) groups excluding carboxylic acids is 2. The zero-order valence-electron chi connectivity index (χ0n) is 46.8. The number of aliphatic hydroxyl groups is 8. The van der Waals surface area contributed by atoms with Crippen LogP contribution in [-0.2, 0) is 61.7 Å². The lowest BCUT2D eigenvalue weighted by atomic mass is 9.41. The molecule has 27 atom stereocenters. The molecule has 0 aromatic heterocycles. The van der Waals surface area contributed by atoms with Gasteiger partial charge in [0.15, 0.2) is 25.2 Å². The van der Waals surface area contributed by atoms with Crippen LogP contribution >= 0.6 is 0 Å². The van der Waals surface area contributed by atoms with Crippen molar-refractivity contribution in [1.82, 2.24) is 0 Å². The van der Waals surface area contributed by atoms with Gasteiger partial charge in [0.1, 0.15) is 78.8 Å². The SMILES string of the molecule is COC1C(O)C(CO)OC(OC2C(O)COC(OC3C(C)OC(OC4C(OC5CCC6(C)C7CCC89C(=O)OC(C)(CCCC(C)C)C8C(OC(C)=O)CC9(C)C7=CCC6C5(C)C)OCC(O)C4O)C(C)C3O)C2O)C1O. The largest absolute Gasteiger partial charge is 0.462 e. The Morgan fingerprint density at radius 1 is 0.766 bits per heavy atom. The van der Waals surface area contributed by atoms with Crippen LogP contribution in [0.1, 0.15) is 127 Å². The molecule has 0 radical (unpaired) electrons.